The number of carbonyl (C=O) groups is 1. The molecular weight excluding hydrogens is 244 g/mol. The second kappa shape index (κ2) is 6.20. The highest BCUT2D eigenvalue weighted by Crippen LogP contribution is 2.31. The minimum absolute atomic E-state index is 0.0363. The maximum Gasteiger partial charge on any atom is 0.306 e. The highest BCUT2D eigenvalue weighted by molar-refractivity contribution is 5.70. The number of rotatable bonds is 6. The van der Waals surface area contributed by atoms with E-state index in [-0.39, 0.29) is 11.5 Å². The molecule has 0 saturated heterocycles. The smallest absolute Gasteiger partial charge is 0.306 e. The van der Waals surface area contributed by atoms with Gasteiger partial charge in [0.25, 0.3) is 0 Å². The number of nitrogens with one attached hydrogen (secondary N) is 1. The normalized spacial score (nSPS) is 28.6. The fourth-order valence-electron chi connectivity index (χ4n) is 2.34. The third kappa shape index (κ3) is 4.75. The van der Waals surface area contributed by atoms with Crippen molar-refractivity contribution >= 4 is 5.97 Å². The lowest BCUT2D eigenvalue weighted by Gasteiger charge is -2.37. The first-order valence-electron chi connectivity index (χ1n) is 7.00. The van der Waals surface area contributed by atoms with E-state index in [1.807, 2.05) is 14.1 Å². The molecule has 0 aliphatic heterocycles. The molecule has 112 valence electrons. The molecule has 0 aromatic heterocycles. The van der Waals surface area contributed by atoms with E-state index in [1.54, 1.807) is 0 Å². The van der Waals surface area contributed by atoms with Crippen molar-refractivity contribution < 1.29 is 15.0 Å². The number of nitrogens with zero attached hydrogens (tertiary/aromatic N) is 1. The Hall–Kier alpha value is -0.650. The molecule has 0 aromatic rings. The van der Waals surface area contributed by atoms with E-state index < -0.39 is 11.6 Å². The van der Waals surface area contributed by atoms with E-state index in [9.17, 15) is 9.90 Å². The summed E-state index contributed by atoms with van der Waals surface area (Å²) in [5, 5.41) is 22.7. The van der Waals surface area contributed by atoms with Gasteiger partial charge in [-0.2, -0.15) is 0 Å². The summed E-state index contributed by atoms with van der Waals surface area (Å²) in [6, 6.07) is 0. The molecule has 3 N–H and O–H groups in total. The number of aliphatic carboxylic acids is 1. The number of aliphatic hydroxyl groups is 1. The molecule has 5 heteroatoms. The lowest BCUT2D eigenvalue weighted by Crippen LogP contribution is -2.51. The van der Waals surface area contributed by atoms with Gasteiger partial charge in [0.1, 0.15) is 0 Å². The summed E-state index contributed by atoms with van der Waals surface area (Å²) in [5.74, 6) is -1.01. The minimum atomic E-state index is -0.742. The van der Waals surface area contributed by atoms with Gasteiger partial charge in [-0.1, -0.05) is 0 Å². The molecule has 0 atom stereocenters. The molecule has 19 heavy (non-hydrogen) atoms. The number of carboxylic acids is 1. The topological polar surface area (TPSA) is 72.8 Å². The molecule has 1 rings (SSSR count). The summed E-state index contributed by atoms with van der Waals surface area (Å²) in [4.78, 5) is 13.0. The number of carboxylic acid groups (broad SMARTS) is 1. The monoisotopic (exact) mass is 272 g/mol. The zero-order chi connectivity index (χ0) is 14.7. The summed E-state index contributed by atoms with van der Waals surface area (Å²) in [5.41, 5.74) is -0.705. The molecular formula is C14H28N2O3. The standard InChI is InChI=1S/C14H28N2O3/c1-13(2,16(3)4)9-15-10-14(19)7-5-11(6-8-14)12(17)18/h11,15,19H,5-10H2,1-4H3,(H,17,18). The van der Waals surface area contributed by atoms with Gasteiger partial charge in [0, 0.05) is 18.6 Å². The van der Waals surface area contributed by atoms with Crippen molar-refractivity contribution in [2.45, 2.75) is 50.7 Å². The van der Waals surface area contributed by atoms with Crippen LogP contribution < -0.4 is 5.32 Å². The van der Waals surface area contributed by atoms with Gasteiger partial charge in [0.05, 0.1) is 11.5 Å². The molecule has 0 spiro atoms. The Labute approximate surface area is 116 Å². The van der Waals surface area contributed by atoms with E-state index >= 15 is 0 Å². The number of hydrogen-bond donors (Lipinski definition) is 3. The van der Waals surface area contributed by atoms with Crippen molar-refractivity contribution in [1.29, 1.82) is 0 Å². The van der Waals surface area contributed by atoms with Crippen LogP contribution in [0.4, 0.5) is 0 Å². The Kier molecular flexibility index (Phi) is 5.35. The van der Waals surface area contributed by atoms with Gasteiger partial charge in [-0.3, -0.25) is 4.79 Å². The minimum Gasteiger partial charge on any atom is -0.481 e. The van der Waals surface area contributed by atoms with Crippen LogP contribution in [0.3, 0.4) is 0 Å². The van der Waals surface area contributed by atoms with E-state index in [2.05, 4.69) is 24.1 Å². The lowest BCUT2D eigenvalue weighted by molar-refractivity contribution is -0.144. The zero-order valence-electron chi connectivity index (χ0n) is 12.6. The summed E-state index contributed by atoms with van der Waals surface area (Å²) < 4.78 is 0. The second-order valence-electron chi connectivity index (χ2n) is 6.65. The maximum atomic E-state index is 10.9. The third-order valence-corrected chi connectivity index (χ3v) is 4.49. The van der Waals surface area contributed by atoms with Crippen LogP contribution in [0.1, 0.15) is 39.5 Å². The Morgan fingerprint density at radius 3 is 2.32 bits per heavy atom. The van der Waals surface area contributed by atoms with Gasteiger partial charge in [0.2, 0.25) is 0 Å². The SMILES string of the molecule is CN(C)C(C)(C)CNCC1(O)CCC(C(=O)O)CC1. The first kappa shape index (κ1) is 16.4. The Morgan fingerprint density at radius 2 is 1.89 bits per heavy atom. The van der Waals surface area contributed by atoms with Crippen molar-refractivity contribution in [1.82, 2.24) is 10.2 Å². The second-order valence-corrected chi connectivity index (χ2v) is 6.65. The quantitative estimate of drug-likeness (QED) is 0.670. The van der Waals surface area contributed by atoms with Gasteiger partial charge in [-0.05, 0) is 53.6 Å². The molecule has 0 radical (unpaired) electrons. The number of hydrogen-bond acceptors (Lipinski definition) is 4. The summed E-state index contributed by atoms with van der Waals surface area (Å²) in [6.45, 7) is 5.62. The van der Waals surface area contributed by atoms with Crippen LogP contribution in [0, 0.1) is 5.92 Å². The van der Waals surface area contributed by atoms with Gasteiger partial charge < -0.3 is 20.4 Å². The van der Waals surface area contributed by atoms with Crippen LogP contribution in [-0.4, -0.2) is 59.4 Å². The molecule has 1 aliphatic carbocycles. The van der Waals surface area contributed by atoms with Gasteiger partial charge in [-0.25, -0.2) is 0 Å². The van der Waals surface area contributed by atoms with Crippen LogP contribution in [0.25, 0.3) is 0 Å². The zero-order valence-corrected chi connectivity index (χ0v) is 12.6. The van der Waals surface area contributed by atoms with Crippen LogP contribution in [0.2, 0.25) is 0 Å². The fourth-order valence-corrected chi connectivity index (χ4v) is 2.34. The van der Waals surface area contributed by atoms with Crippen molar-refractivity contribution in [3.05, 3.63) is 0 Å². The third-order valence-electron chi connectivity index (χ3n) is 4.49. The molecule has 0 amide bonds. The highest BCUT2D eigenvalue weighted by Gasteiger charge is 2.35. The highest BCUT2D eigenvalue weighted by atomic mass is 16.4. The van der Waals surface area contributed by atoms with E-state index in [1.165, 1.54) is 0 Å². The average Bonchev–Trinajstić information content (AvgIpc) is 2.28. The van der Waals surface area contributed by atoms with Gasteiger partial charge in [-0.15, -0.1) is 0 Å². The molecule has 1 aliphatic rings. The molecule has 0 bridgehead atoms. The van der Waals surface area contributed by atoms with Crippen LogP contribution in [0.5, 0.6) is 0 Å². The summed E-state index contributed by atoms with van der Waals surface area (Å²) in [6.07, 6.45) is 2.29. The van der Waals surface area contributed by atoms with Gasteiger partial charge >= 0.3 is 5.97 Å². The Morgan fingerprint density at radius 1 is 1.37 bits per heavy atom. The Bertz CT molecular complexity index is 308. The molecule has 1 fully saturated rings. The first-order chi connectivity index (χ1) is 8.66. The fraction of sp³-hybridized carbons (Fsp3) is 0.929. The Balaban J connectivity index is 2.36. The molecule has 0 aromatic carbocycles. The predicted molar refractivity (Wildman–Crippen MR) is 75.2 cm³/mol. The molecule has 0 heterocycles. The molecule has 5 nitrogen and oxygen atoms in total. The van der Waals surface area contributed by atoms with Crippen molar-refractivity contribution in [3.8, 4) is 0 Å². The van der Waals surface area contributed by atoms with E-state index in [4.69, 9.17) is 5.11 Å². The largest absolute Gasteiger partial charge is 0.481 e. The molecule has 1 saturated carbocycles. The van der Waals surface area contributed by atoms with Gasteiger partial charge in [0.15, 0.2) is 0 Å². The lowest BCUT2D eigenvalue weighted by atomic mass is 9.78. The molecule has 0 unspecified atom stereocenters. The van der Waals surface area contributed by atoms with Crippen LogP contribution >= 0.6 is 0 Å². The number of likely N-dealkylation sites (N-methyl/N-ethyl adjacent to an activating group) is 1. The van der Waals surface area contributed by atoms with Crippen molar-refractivity contribution in [2.75, 3.05) is 27.2 Å². The van der Waals surface area contributed by atoms with Crippen molar-refractivity contribution in [2.24, 2.45) is 5.92 Å². The average molecular weight is 272 g/mol. The van der Waals surface area contributed by atoms with Crippen molar-refractivity contribution in [3.63, 3.8) is 0 Å². The van der Waals surface area contributed by atoms with Crippen LogP contribution in [-0.2, 0) is 4.79 Å². The predicted octanol–water partition coefficient (Wildman–Crippen LogP) is 0.922. The summed E-state index contributed by atoms with van der Waals surface area (Å²) in [7, 11) is 4.07. The maximum absolute atomic E-state index is 10.9. The van der Waals surface area contributed by atoms with E-state index in [0.29, 0.717) is 32.2 Å². The first-order valence-corrected chi connectivity index (χ1v) is 7.00. The summed E-state index contributed by atoms with van der Waals surface area (Å²) >= 11 is 0. The van der Waals surface area contributed by atoms with E-state index in [0.717, 1.165) is 6.54 Å². The van der Waals surface area contributed by atoms with Crippen LogP contribution in [0.15, 0.2) is 0 Å².